The molecule has 6 heteroatoms. The summed E-state index contributed by atoms with van der Waals surface area (Å²) < 4.78 is 2.05. The van der Waals surface area contributed by atoms with Gasteiger partial charge in [-0.15, -0.1) is 0 Å². The van der Waals surface area contributed by atoms with Gasteiger partial charge in [0.15, 0.2) is 0 Å². The van der Waals surface area contributed by atoms with Crippen LogP contribution in [0.5, 0.6) is 0 Å². The monoisotopic (exact) mass is 500 g/mol. The average molecular weight is 501 g/mol. The summed E-state index contributed by atoms with van der Waals surface area (Å²) in [5.41, 5.74) is 2.78. The smallest absolute Gasteiger partial charge is 0.243 e. The fourth-order valence-electron chi connectivity index (χ4n) is 6.37. The summed E-state index contributed by atoms with van der Waals surface area (Å²) in [5, 5.41) is 3.13. The number of benzene rings is 2. The van der Waals surface area contributed by atoms with E-state index in [9.17, 15) is 9.59 Å². The van der Waals surface area contributed by atoms with Gasteiger partial charge in [0.05, 0.1) is 23.5 Å². The predicted molar refractivity (Wildman–Crippen MR) is 147 cm³/mol. The van der Waals surface area contributed by atoms with Crippen LogP contribution >= 0.6 is 0 Å². The van der Waals surface area contributed by atoms with Gasteiger partial charge in [-0.2, -0.15) is 0 Å². The molecular weight excluding hydrogens is 460 g/mol. The molecule has 1 unspecified atom stereocenters. The maximum absolute atomic E-state index is 14.1. The molecule has 196 valence electrons. The maximum atomic E-state index is 14.1. The molecule has 2 aromatic carbocycles. The Morgan fingerprint density at radius 3 is 2.14 bits per heavy atom. The van der Waals surface area contributed by atoms with Crippen LogP contribution < -0.4 is 5.32 Å². The molecule has 3 aromatic rings. The van der Waals surface area contributed by atoms with Gasteiger partial charge >= 0.3 is 0 Å². The Balaban J connectivity index is 1.39. The van der Waals surface area contributed by atoms with Gasteiger partial charge in [-0.3, -0.25) is 9.59 Å². The fraction of sp³-hybridized carbons (Fsp3) is 0.516. The number of carbonyl (C=O) groups excluding carboxylic acids is 2. The molecule has 0 spiro atoms. The summed E-state index contributed by atoms with van der Waals surface area (Å²) in [5.74, 6) is 0.892. The summed E-state index contributed by atoms with van der Waals surface area (Å²) in [6.07, 6.45) is 12.2. The molecular formula is C31H40N4O2. The third kappa shape index (κ3) is 6.06. The lowest BCUT2D eigenvalue weighted by Crippen LogP contribution is -2.50. The van der Waals surface area contributed by atoms with Crippen molar-refractivity contribution in [1.29, 1.82) is 0 Å². The largest absolute Gasteiger partial charge is 0.346 e. The molecule has 2 aliphatic rings. The normalized spacial score (nSPS) is 18.0. The minimum Gasteiger partial charge on any atom is -0.346 e. The number of imidazole rings is 1. The number of amides is 2. The van der Waals surface area contributed by atoms with Crippen molar-refractivity contribution in [3.63, 3.8) is 0 Å². The van der Waals surface area contributed by atoms with E-state index >= 15 is 0 Å². The summed E-state index contributed by atoms with van der Waals surface area (Å²) in [6.45, 7) is 2.23. The topological polar surface area (TPSA) is 67.2 Å². The third-order valence-corrected chi connectivity index (χ3v) is 8.17. The number of aromatic nitrogens is 2. The van der Waals surface area contributed by atoms with Crippen molar-refractivity contribution in [3.05, 3.63) is 66.0 Å². The standard InChI is InChI=1S/C31H40N4O2/c1-23(32-29(36)21-24-13-5-2-6-14-24)31-33-27-19-11-12-20-28(27)34(31)22-30(37)35(25-15-7-3-8-16-25)26-17-9-4-10-18-26/h2,5-6,11-14,19-20,23,25-26H,3-4,7-10,15-18,21-22H2,1H3,(H,32,36). The number of fused-ring (bicyclic) bond motifs is 1. The SMILES string of the molecule is CC(NC(=O)Cc1ccccc1)c1nc2ccccc2n1CC(=O)N(C1CCCCC1)C1CCCCC1. The second kappa shape index (κ2) is 11.9. The van der Waals surface area contributed by atoms with E-state index in [-0.39, 0.29) is 24.4 Å². The van der Waals surface area contributed by atoms with Crippen LogP contribution in [0.2, 0.25) is 0 Å². The van der Waals surface area contributed by atoms with Crippen molar-refractivity contribution in [2.75, 3.05) is 0 Å². The van der Waals surface area contributed by atoms with Gasteiger partial charge in [-0.05, 0) is 50.3 Å². The van der Waals surface area contributed by atoms with Crippen LogP contribution in [0, 0.1) is 0 Å². The van der Waals surface area contributed by atoms with Crippen LogP contribution in [-0.2, 0) is 22.6 Å². The second-order valence-electron chi connectivity index (χ2n) is 10.9. The zero-order chi connectivity index (χ0) is 25.6. The summed E-state index contributed by atoms with van der Waals surface area (Å²) in [7, 11) is 0. The van der Waals surface area contributed by atoms with Crippen LogP contribution in [0.4, 0.5) is 0 Å². The van der Waals surface area contributed by atoms with Gasteiger partial charge in [0.1, 0.15) is 12.4 Å². The molecule has 2 saturated carbocycles. The van der Waals surface area contributed by atoms with Crippen molar-refractivity contribution < 1.29 is 9.59 Å². The molecule has 0 radical (unpaired) electrons. The van der Waals surface area contributed by atoms with Crippen LogP contribution in [0.1, 0.15) is 88.6 Å². The third-order valence-electron chi connectivity index (χ3n) is 8.17. The minimum absolute atomic E-state index is 0.0466. The van der Waals surface area contributed by atoms with E-state index in [2.05, 4.69) is 10.2 Å². The summed E-state index contributed by atoms with van der Waals surface area (Å²) in [4.78, 5) is 34.1. The first-order valence-corrected chi connectivity index (χ1v) is 14.2. The van der Waals surface area contributed by atoms with E-state index in [4.69, 9.17) is 4.98 Å². The molecule has 37 heavy (non-hydrogen) atoms. The van der Waals surface area contributed by atoms with E-state index in [0.29, 0.717) is 18.5 Å². The highest BCUT2D eigenvalue weighted by Crippen LogP contribution is 2.31. The van der Waals surface area contributed by atoms with Crippen molar-refractivity contribution in [2.24, 2.45) is 0 Å². The molecule has 1 atom stereocenters. The van der Waals surface area contributed by atoms with E-state index in [1.807, 2.05) is 66.1 Å². The number of para-hydroxylation sites is 2. The van der Waals surface area contributed by atoms with E-state index < -0.39 is 0 Å². The van der Waals surface area contributed by atoms with Gasteiger partial charge in [-0.25, -0.2) is 4.98 Å². The number of rotatable bonds is 8. The van der Waals surface area contributed by atoms with Gasteiger partial charge in [0.2, 0.25) is 11.8 Å². The Kier molecular flexibility index (Phi) is 8.22. The molecule has 5 rings (SSSR count). The van der Waals surface area contributed by atoms with E-state index in [1.54, 1.807) is 0 Å². The molecule has 2 amide bonds. The Morgan fingerprint density at radius 1 is 0.892 bits per heavy atom. The minimum atomic E-state index is -0.311. The van der Waals surface area contributed by atoms with Crippen LogP contribution in [0.3, 0.4) is 0 Å². The number of carbonyl (C=O) groups is 2. The Morgan fingerprint density at radius 2 is 1.49 bits per heavy atom. The van der Waals surface area contributed by atoms with Crippen molar-refractivity contribution in [1.82, 2.24) is 19.8 Å². The molecule has 2 fully saturated rings. The summed E-state index contributed by atoms with van der Waals surface area (Å²) in [6, 6.07) is 18.1. The zero-order valence-electron chi connectivity index (χ0n) is 22.1. The van der Waals surface area contributed by atoms with Gasteiger partial charge < -0.3 is 14.8 Å². The molecule has 2 aliphatic carbocycles. The number of hydrogen-bond donors (Lipinski definition) is 1. The first kappa shape index (κ1) is 25.5. The summed E-state index contributed by atoms with van der Waals surface area (Å²) >= 11 is 0. The fourth-order valence-corrected chi connectivity index (χ4v) is 6.37. The lowest BCUT2D eigenvalue weighted by molar-refractivity contribution is -0.138. The van der Waals surface area contributed by atoms with Crippen molar-refractivity contribution in [3.8, 4) is 0 Å². The molecule has 1 aromatic heterocycles. The molecule has 6 nitrogen and oxygen atoms in total. The number of nitrogens with one attached hydrogen (secondary N) is 1. The number of nitrogens with zero attached hydrogens (tertiary/aromatic N) is 3. The van der Waals surface area contributed by atoms with Crippen LogP contribution in [0.25, 0.3) is 11.0 Å². The lowest BCUT2D eigenvalue weighted by Gasteiger charge is -2.42. The predicted octanol–water partition coefficient (Wildman–Crippen LogP) is 5.95. The Labute approximate surface area is 220 Å². The van der Waals surface area contributed by atoms with Gasteiger partial charge in [0.25, 0.3) is 0 Å². The molecule has 0 bridgehead atoms. The Bertz CT molecular complexity index is 1170. The molecule has 0 saturated heterocycles. The second-order valence-corrected chi connectivity index (χ2v) is 10.9. The molecule has 1 N–H and O–H groups in total. The van der Waals surface area contributed by atoms with Crippen LogP contribution in [-0.4, -0.2) is 38.3 Å². The quantitative estimate of drug-likeness (QED) is 0.416. The molecule has 0 aliphatic heterocycles. The van der Waals surface area contributed by atoms with Gasteiger partial charge in [0, 0.05) is 12.1 Å². The van der Waals surface area contributed by atoms with Gasteiger partial charge in [-0.1, -0.05) is 81.0 Å². The number of hydrogen-bond acceptors (Lipinski definition) is 3. The van der Waals surface area contributed by atoms with Crippen LogP contribution in [0.15, 0.2) is 54.6 Å². The average Bonchev–Trinajstić information content (AvgIpc) is 3.29. The first-order valence-electron chi connectivity index (χ1n) is 14.2. The lowest BCUT2D eigenvalue weighted by atomic mass is 9.88. The Hall–Kier alpha value is -3.15. The zero-order valence-corrected chi connectivity index (χ0v) is 22.1. The van der Waals surface area contributed by atoms with Crippen molar-refractivity contribution in [2.45, 2.75) is 102 Å². The van der Waals surface area contributed by atoms with E-state index in [0.717, 1.165) is 48.1 Å². The van der Waals surface area contributed by atoms with E-state index in [1.165, 1.54) is 38.5 Å². The van der Waals surface area contributed by atoms with Crippen molar-refractivity contribution >= 4 is 22.8 Å². The molecule has 1 heterocycles. The highest BCUT2D eigenvalue weighted by molar-refractivity contribution is 5.82. The first-order chi connectivity index (χ1) is 18.1. The highest BCUT2D eigenvalue weighted by Gasteiger charge is 2.33. The maximum Gasteiger partial charge on any atom is 0.243 e. The highest BCUT2D eigenvalue weighted by atomic mass is 16.2.